The van der Waals surface area contributed by atoms with Crippen molar-refractivity contribution < 1.29 is 9.53 Å². The molecule has 0 N–H and O–H groups in total. The number of methoxy groups -OCH3 is 1. The van der Waals surface area contributed by atoms with Gasteiger partial charge in [0, 0.05) is 63.7 Å². The molecule has 1 fully saturated rings. The van der Waals surface area contributed by atoms with Gasteiger partial charge in [-0.25, -0.2) is 9.97 Å². The molecule has 1 atom stereocenters. The van der Waals surface area contributed by atoms with Crippen LogP contribution in [-0.2, 0) is 7.05 Å². The van der Waals surface area contributed by atoms with Gasteiger partial charge in [-0.1, -0.05) is 12.1 Å². The minimum absolute atomic E-state index is 0.00660. The van der Waals surface area contributed by atoms with Crippen LogP contribution in [0.2, 0.25) is 0 Å². The summed E-state index contributed by atoms with van der Waals surface area (Å²) in [5, 5.41) is 4.30. The summed E-state index contributed by atoms with van der Waals surface area (Å²) < 4.78 is 7.28. The molecule has 0 aliphatic carbocycles. The third kappa shape index (κ3) is 3.97. The number of rotatable bonds is 5. The van der Waals surface area contributed by atoms with E-state index in [2.05, 4.69) is 10.1 Å². The topological polar surface area (TPSA) is 76.4 Å². The van der Waals surface area contributed by atoms with Crippen LogP contribution in [0.25, 0.3) is 11.1 Å². The lowest BCUT2D eigenvalue weighted by Crippen LogP contribution is -2.29. The molecule has 1 aliphatic heterocycles. The van der Waals surface area contributed by atoms with E-state index >= 15 is 0 Å². The van der Waals surface area contributed by atoms with Gasteiger partial charge >= 0.3 is 0 Å². The molecule has 1 aromatic carbocycles. The van der Waals surface area contributed by atoms with E-state index in [0.29, 0.717) is 30.4 Å². The number of anilines is 1. The van der Waals surface area contributed by atoms with Gasteiger partial charge in [0.25, 0.3) is 5.91 Å². The van der Waals surface area contributed by atoms with Gasteiger partial charge in [0.05, 0.1) is 24.6 Å². The van der Waals surface area contributed by atoms with Crippen molar-refractivity contribution in [3.05, 3.63) is 53.6 Å². The predicted octanol–water partition coefficient (Wildman–Crippen LogP) is 2.89. The van der Waals surface area contributed by atoms with Gasteiger partial charge in [0.1, 0.15) is 5.75 Å². The highest BCUT2D eigenvalue weighted by Gasteiger charge is 2.32. The number of para-hydroxylation sites is 1. The Morgan fingerprint density at radius 3 is 2.74 bits per heavy atom. The maximum Gasteiger partial charge on any atom is 0.257 e. The molecule has 0 spiro atoms. The second-order valence-electron chi connectivity index (χ2n) is 8.16. The van der Waals surface area contributed by atoms with E-state index in [9.17, 15) is 4.79 Å². The fourth-order valence-corrected chi connectivity index (χ4v) is 4.12. The molecule has 1 aliphatic rings. The van der Waals surface area contributed by atoms with Crippen molar-refractivity contribution >= 4 is 11.9 Å². The third-order valence-corrected chi connectivity index (χ3v) is 5.73. The average molecular weight is 421 g/mol. The summed E-state index contributed by atoms with van der Waals surface area (Å²) in [6.45, 7) is 3.23. The summed E-state index contributed by atoms with van der Waals surface area (Å²) in [6.07, 6.45) is 6.50. The van der Waals surface area contributed by atoms with Crippen LogP contribution >= 0.6 is 0 Å². The highest BCUT2D eigenvalue weighted by molar-refractivity contribution is 5.97. The van der Waals surface area contributed by atoms with E-state index in [0.717, 1.165) is 28.8 Å². The Labute approximate surface area is 182 Å². The largest absolute Gasteiger partial charge is 0.496 e. The van der Waals surface area contributed by atoms with Crippen molar-refractivity contribution in [3.8, 4) is 16.9 Å². The molecule has 0 radical (unpaired) electrons. The van der Waals surface area contributed by atoms with Crippen LogP contribution < -0.4 is 9.64 Å². The first-order valence-corrected chi connectivity index (χ1v) is 10.3. The van der Waals surface area contributed by atoms with Crippen molar-refractivity contribution in [3.63, 3.8) is 0 Å². The number of hydrogen-bond acceptors (Lipinski definition) is 6. The van der Waals surface area contributed by atoms with Gasteiger partial charge in [-0.2, -0.15) is 5.10 Å². The molecule has 8 nitrogen and oxygen atoms in total. The number of benzene rings is 1. The Bertz CT molecular complexity index is 1110. The van der Waals surface area contributed by atoms with E-state index in [4.69, 9.17) is 9.72 Å². The summed E-state index contributed by atoms with van der Waals surface area (Å²) in [6, 6.07) is 5.68. The molecule has 4 rings (SSSR count). The van der Waals surface area contributed by atoms with E-state index in [1.54, 1.807) is 11.8 Å². The zero-order chi connectivity index (χ0) is 22.1. The fraction of sp³-hybridized carbons (Fsp3) is 0.391. The second-order valence-corrected chi connectivity index (χ2v) is 8.16. The highest BCUT2D eigenvalue weighted by Crippen LogP contribution is 2.35. The zero-order valence-corrected chi connectivity index (χ0v) is 18.7. The fourth-order valence-electron chi connectivity index (χ4n) is 4.12. The van der Waals surface area contributed by atoms with Gasteiger partial charge < -0.3 is 14.5 Å². The molecule has 162 valence electrons. The molecule has 0 saturated carbocycles. The number of amides is 1. The lowest BCUT2D eigenvalue weighted by molar-refractivity contribution is 0.0787. The van der Waals surface area contributed by atoms with Crippen LogP contribution in [0.3, 0.4) is 0 Å². The smallest absolute Gasteiger partial charge is 0.257 e. The number of carbonyl (C=O) groups excluding carboxylic acids is 1. The average Bonchev–Trinajstić information content (AvgIpc) is 3.42. The van der Waals surface area contributed by atoms with Gasteiger partial charge in [0.2, 0.25) is 5.95 Å². The van der Waals surface area contributed by atoms with Crippen molar-refractivity contribution in [2.75, 3.05) is 39.2 Å². The normalized spacial score (nSPS) is 15.9. The summed E-state index contributed by atoms with van der Waals surface area (Å²) in [5.74, 6) is 1.42. The van der Waals surface area contributed by atoms with Crippen LogP contribution in [0.15, 0.2) is 36.8 Å². The lowest BCUT2D eigenvalue weighted by Gasteiger charge is -2.20. The Hall–Kier alpha value is -3.42. The summed E-state index contributed by atoms with van der Waals surface area (Å²) in [7, 11) is 7.36. The minimum Gasteiger partial charge on any atom is -0.496 e. The quantitative estimate of drug-likeness (QED) is 0.632. The Morgan fingerprint density at radius 1 is 1.26 bits per heavy atom. The minimum atomic E-state index is -0.00660. The predicted molar refractivity (Wildman–Crippen MR) is 120 cm³/mol. The van der Waals surface area contributed by atoms with Crippen molar-refractivity contribution in [2.24, 2.45) is 7.05 Å². The number of ether oxygens (including phenoxy) is 1. The van der Waals surface area contributed by atoms with Crippen LogP contribution in [-0.4, -0.2) is 64.9 Å². The van der Waals surface area contributed by atoms with Crippen LogP contribution in [0.5, 0.6) is 5.75 Å². The number of aromatic nitrogens is 4. The number of carbonyl (C=O) groups is 1. The Balaban J connectivity index is 1.65. The van der Waals surface area contributed by atoms with Gasteiger partial charge in [-0.15, -0.1) is 0 Å². The highest BCUT2D eigenvalue weighted by atomic mass is 16.5. The first-order chi connectivity index (χ1) is 14.9. The molecular weight excluding hydrogens is 392 g/mol. The molecular formula is C23H28N6O2. The SMILES string of the molecule is COc1c(C)cccc1C(=O)N1CC[C@H](c2nc(N(C)C)ncc2-c2cnn(C)c2)C1. The van der Waals surface area contributed by atoms with E-state index < -0.39 is 0 Å². The number of hydrogen-bond donors (Lipinski definition) is 0. The Morgan fingerprint density at radius 2 is 2.06 bits per heavy atom. The number of likely N-dealkylation sites (tertiary alicyclic amines) is 1. The zero-order valence-electron chi connectivity index (χ0n) is 18.7. The Kier molecular flexibility index (Phi) is 5.63. The second kappa shape index (κ2) is 8.37. The molecule has 8 heteroatoms. The first-order valence-electron chi connectivity index (χ1n) is 10.3. The molecule has 0 unspecified atom stereocenters. The van der Waals surface area contributed by atoms with Crippen LogP contribution in [0, 0.1) is 6.92 Å². The summed E-state index contributed by atoms with van der Waals surface area (Å²) in [4.78, 5) is 26.5. The van der Waals surface area contributed by atoms with Gasteiger partial charge in [-0.3, -0.25) is 9.48 Å². The molecule has 1 amide bonds. The number of aryl methyl sites for hydroxylation is 2. The standard InChI is InChI=1S/C23H28N6O2/c1-15-7-6-8-18(21(15)31-5)22(30)29-10-9-16(14-29)20-19(17-11-25-28(4)13-17)12-24-23(26-20)27(2)3/h6-8,11-13,16H,9-10,14H2,1-5H3/t16-/m0/s1. The maximum absolute atomic E-state index is 13.3. The summed E-state index contributed by atoms with van der Waals surface area (Å²) in [5.41, 5.74) is 4.46. The van der Waals surface area contributed by atoms with E-state index in [-0.39, 0.29) is 11.8 Å². The molecule has 0 bridgehead atoms. The molecule has 2 aromatic heterocycles. The van der Waals surface area contributed by atoms with E-state index in [1.807, 2.05) is 74.7 Å². The molecule has 1 saturated heterocycles. The monoisotopic (exact) mass is 420 g/mol. The first kappa shape index (κ1) is 20.8. The van der Waals surface area contributed by atoms with Crippen LogP contribution in [0.4, 0.5) is 5.95 Å². The molecule has 31 heavy (non-hydrogen) atoms. The maximum atomic E-state index is 13.3. The third-order valence-electron chi connectivity index (χ3n) is 5.73. The van der Waals surface area contributed by atoms with Crippen molar-refractivity contribution in [1.82, 2.24) is 24.6 Å². The van der Waals surface area contributed by atoms with Crippen molar-refractivity contribution in [2.45, 2.75) is 19.3 Å². The molecule has 3 aromatic rings. The summed E-state index contributed by atoms with van der Waals surface area (Å²) >= 11 is 0. The van der Waals surface area contributed by atoms with Gasteiger partial charge in [-0.05, 0) is 25.0 Å². The van der Waals surface area contributed by atoms with Gasteiger partial charge in [0.15, 0.2) is 0 Å². The van der Waals surface area contributed by atoms with Crippen LogP contribution in [0.1, 0.15) is 34.0 Å². The van der Waals surface area contributed by atoms with E-state index in [1.165, 1.54) is 0 Å². The van der Waals surface area contributed by atoms with Crippen molar-refractivity contribution in [1.29, 1.82) is 0 Å². The number of nitrogens with zero attached hydrogens (tertiary/aromatic N) is 6. The molecule has 3 heterocycles. The lowest BCUT2D eigenvalue weighted by atomic mass is 9.97.